The van der Waals surface area contributed by atoms with Crippen LogP contribution in [0.1, 0.15) is 151 Å². The van der Waals surface area contributed by atoms with Gasteiger partial charge in [0.1, 0.15) is 6.04 Å². The zero-order chi connectivity index (χ0) is 23.9. The van der Waals surface area contributed by atoms with Crippen LogP contribution in [0, 0.1) is 5.92 Å². The molecular formula is C27H53NO3. The fourth-order valence-corrected chi connectivity index (χ4v) is 4.05. The Bertz CT molecular complexity index is 443. The Morgan fingerprint density at radius 2 is 1.03 bits per heavy atom. The van der Waals surface area contributed by atoms with Crippen molar-refractivity contribution >= 4 is 11.9 Å². The molecule has 2 N–H and O–H groups in total. The van der Waals surface area contributed by atoms with Crippen molar-refractivity contribution in [2.24, 2.45) is 5.92 Å². The highest BCUT2D eigenvalue weighted by Crippen LogP contribution is 2.15. The number of carboxylic acids is 1. The zero-order valence-electron chi connectivity index (χ0n) is 21.8. The largest absolute Gasteiger partial charge is 0.480 e. The number of amides is 1. The Balaban J connectivity index is 3.27. The van der Waals surface area contributed by atoms with E-state index in [1.807, 2.05) is 13.8 Å². The first-order chi connectivity index (χ1) is 15.5. The highest BCUT2D eigenvalue weighted by Gasteiger charge is 2.22. The molecule has 0 aliphatic heterocycles. The Morgan fingerprint density at radius 1 is 0.677 bits per heavy atom. The fourth-order valence-electron chi connectivity index (χ4n) is 4.05. The molecule has 0 radical (unpaired) electrons. The van der Waals surface area contributed by atoms with E-state index in [1.165, 1.54) is 103 Å². The summed E-state index contributed by atoms with van der Waals surface area (Å²) in [6.07, 6.45) is 24.9. The minimum absolute atomic E-state index is 0.0958. The summed E-state index contributed by atoms with van der Waals surface area (Å²) in [5.41, 5.74) is 0. The lowest BCUT2D eigenvalue weighted by molar-refractivity contribution is -0.143. The maximum absolute atomic E-state index is 11.9. The van der Waals surface area contributed by atoms with Crippen molar-refractivity contribution in [3.8, 4) is 0 Å². The second-order valence-corrected chi connectivity index (χ2v) is 9.59. The van der Waals surface area contributed by atoms with E-state index in [-0.39, 0.29) is 11.8 Å². The van der Waals surface area contributed by atoms with E-state index in [9.17, 15) is 9.59 Å². The molecule has 0 saturated heterocycles. The van der Waals surface area contributed by atoms with Crippen LogP contribution in [0.5, 0.6) is 0 Å². The zero-order valence-corrected chi connectivity index (χ0v) is 20.8. The van der Waals surface area contributed by atoms with Gasteiger partial charge in [0.15, 0.2) is 0 Å². The number of rotatable bonds is 23. The van der Waals surface area contributed by atoms with Gasteiger partial charge in [0.05, 0.1) is 0 Å². The summed E-state index contributed by atoms with van der Waals surface area (Å²) in [6, 6.07) is -0.776. The topological polar surface area (TPSA) is 66.4 Å². The molecule has 0 bridgehead atoms. The number of hydrogen-bond acceptors (Lipinski definition) is 2. The molecule has 0 aliphatic carbocycles. The SMILES string of the molecule is [2H]CCCCCCCCCCCCCCCCCCCCCC(=O)N[C@H](C(=O)O)C(C)C. The normalized spacial score (nSPS) is 12.7. The molecule has 0 unspecified atom stereocenters. The maximum atomic E-state index is 11.9. The van der Waals surface area contributed by atoms with Crippen LogP contribution in [0.15, 0.2) is 0 Å². The summed E-state index contributed by atoms with van der Waals surface area (Å²) in [5.74, 6) is -1.18. The molecule has 0 heterocycles. The van der Waals surface area contributed by atoms with E-state index in [1.54, 1.807) is 0 Å². The number of hydrogen-bond donors (Lipinski definition) is 2. The van der Waals surface area contributed by atoms with Gasteiger partial charge in [0, 0.05) is 7.79 Å². The molecule has 1 amide bonds. The van der Waals surface area contributed by atoms with Gasteiger partial charge in [-0.25, -0.2) is 4.79 Å². The Labute approximate surface area is 194 Å². The van der Waals surface area contributed by atoms with Crippen molar-refractivity contribution in [1.29, 1.82) is 0 Å². The molecule has 4 nitrogen and oxygen atoms in total. The highest BCUT2D eigenvalue weighted by molar-refractivity contribution is 5.83. The molecule has 0 saturated carbocycles. The van der Waals surface area contributed by atoms with Crippen LogP contribution in [-0.2, 0) is 9.59 Å². The van der Waals surface area contributed by atoms with Crippen molar-refractivity contribution in [1.82, 2.24) is 5.32 Å². The van der Waals surface area contributed by atoms with E-state index in [0.29, 0.717) is 13.3 Å². The quantitative estimate of drug-likeness (QED) is 0.158. The summed E-state index contributed by atoms with van der Waals surface area (Å²) < 4.78 is 7.13. The van der Waals surface area contributed by atoms with Gasteiger partial charge in [0.2, 0.25) is 5.91 Å². The molecule has 0 aromatic carbocycles. The molecule has 0 aromatic rings. The third-order valence-electron chi connectivity index (χ3n) is 6.15. The number of carboxylic acid groups (broad SMARTS) is 1. The lowest BCUT2D eigenvalue weighted by Gasteiger charge is -2.17. The van der Waals surface area contributed by atoms with E-state index < -0.39 is 12.0 Å². The molecule has 0 spiro atoms. The van der Waals surface area contributed by atoms with Crippen LogP contribution in [0.25, 0.3) is 0 Å². The number of nitrogens with one attached hydrogen (secondary N) is 1. The molecule has 0 fully saturated rings. The molecule has 184 valence electrons. The predicted octanol–water partition coefficient (Wildman–Crippen LogP) is 8.03. The summed E-state index contributed by atoms with van der Waals surface area (Å²) >= 11 is 0. The van der Waals surface area contributed by atoms with Gasteiger partial charge in [-0.2, -0.15) is 0 Å². The molecule has 1 atom stereocenters. The fraction of sp³-hybridized carbons (Fsp3) is 0.926. The van der Waals surface area contributed by atoms with Crippen molar-refractivity contribution in [2.75, 3.05) is 0 Å². The molecule has 0 aliphatic rings. The van der Waals surface area contributed by atoms with Crippen molar-refractivity contribution < 1.29 is 16.1 Å². The number of carbonyl (C=O) groups is 2. The number of aliphatic carboxylic acids is 1. The summed E-state index contributed by atoms with van der Waals surface area (Å²) in [4.78, 5) is 23.0. The molecule has 31 heavy (non-hydrogen) atoms. The van der Waals surface area contributed by atoms with E-state index >= 15 is 0 Å². The summed E-state index contributed by atoms with van der Waals surface area (Å²) in [7, 11) is 0. The van der Waals surface area contributed by atoms with Crippen LogP contribution >= 0.6 is 0 Å². The Hall–Kier alpha value is -1.06. The number of unbranched alkanes of at least 4 members (excludes halogenated alkanes) is 18. The number of carbonyl (C=O) groups excluding carboxylic acids is 1. The van der Waals surface area contributed by atoms with Gasteiger partial charge in [0.25, 0.3) is 0 Å². The molecule has 0 rings (SSSR count). The van der Waals surface area contributed by atoms with Gasteiger partial charge < -0.3 is 10.4 Å². The van der Waals surface area contributed by atoms with E-state index in [0.717, 1.165) is 19.3 Å². The van der Waals surface area contributed by atoms with Crippen LogP contribution in [0.3, 0.4) is 0 Å². The van der Waals surface area contributed by atoms with Gasteiger partial charge >= 0.3 is 5.97 Å². The average molecular weight is 441 g/mol. The van der Waals surface area contributed by atoms with Crippen LogP contribution in [0.2, 0.25) is 0 Å². The van der Waals surface area contributed by atoms with Gasteiger partial charge in [-0.15, -0.1) is 0 Å². The first kappa shape index (κ1) is 28.0. The Morgan fingerprint density at radius 3 is 1.35 bits per heavy atom. The van der Waals surface area contributed by atoms with Gasteiger partial charge in [-0.1, -0.05) is 136 Å². The minimum atomic E-state index is -0.952. The smallest absolute Gasteiger partial charge is 0.326 e. The van der Waals surface area contributed by atoms with Crippen LogP contribution < -0.4 is 5.32 Å². The van der Waals surface area contributed by atoms with Crippen LogP contribution in [-0.4, -0.2) is 23.0 Å². The third kappa shape index (κ3) is 20.6. The average Bonchev–Trinajstić information content (AvgIpc) is 2.75. The van der Waals surface area contributed by atoms with Crippen LogP contribution in [0.4, 0.5) is 0 Å². The highest BCUT2D eigenvalue weighted by atomic mass is 16.4. The lowest BCUT2D eigenvalue weighted by Crippen LogP contribution is -2.44. The monoisotopic (exact) mass is 440 g/mol. The summed E-state index contributed by atoms with van der Waals surface area (Å²) in [6.45, 7) is 4.22. The predicted molar refractivity (Wildman–Crippen MR) is 132 cm³/mol. The van der Waals surface area contributed by atoms with Crippen molar-refractivity contribution in [2.45, 2.75) is 155 Å². The minimum Gasteiger partial charge on any atom is -0.480 e. The molecular weight excluding hydrogens is 386 g/mol. The standard InChI is InChI=1S/C27H53NO3/c1-4-5-6-7-8-9-10-11-12-13-14-15-16-17-18-19-20-21-22-23-25(29)28-26(24(2)3)27(30)31/h24,26H,4-23H2,1-3H3,(H,28,29)(H,30,31)/t26-/m0/s1/i1D. The maximum Gasteiger partial charge on any atom is 0.326 e. The first-order valence-corrected chi connectivity index (χ1v) is 13.3. The van der Waals surface area contributed by atoms with Gasteiger partial charge in [-0.05, 0) is 12.3 Å². The molecule has 0 aromatic heterocycles. The van der Waals surface area contributed by atoms with Crippen molar-refractivity contribution in [3.63, 3.8) is 0 Å². The van der Waals surface area contributed by atoms with E-state index in [2.05, 4.69) is 5.32 Å². The van der Waals surface area contributed by atoms with Crippen molar-refractivity contribution in [3.05, 3.63) is 0 Å². The molecule has 4 heteroatoms. The Kier molecular flexibility index (Phi) is 20.0. The lowest BCUT2D eigenvalue weighted by atomic mass is 10.0. The second kappa shape index (κ2) is 22.1. The second-order valence-electron chi connectivity index (χ2n) is 9.59. The third-order valence-corrected chi connectivity index (χ3v) is 6.15. The first-order valence-electron chi connectivity index (χ1n) is 14.0. The summed E-state index contributed by atoms with van der Waals surface area (Å²) in [5, 5.41) is 11.7. The van der Waals surface area contributed by atoms with E-state index in [4.69, 9.17) is 6.48 Å². The van der Waals surface area contributed by atoms with Gasteiger partial charge in [-0.3, -0.25) is 4.79 Å².